The van der Waals surface area contributed by atoms with Gasteiger partial charge in [-0.25, -0.2) is 13.2 Å². The van der Waals surface area contributed by atoms with Crippen LogP contribution in [0, 0.1) is 0 Å². The minimum absolute atomic E-state index is 0.0717. The Hall–Kier alpha value is -2.43. The summed E-state index contributed by atoms with van der Waals surface area (Å²) in [5.41, 5.74) is 0.764. The molecule has 0 bridgehead atoms. The fourth-order valence-corrected chi connectivity index (χ4v) is 5.24. The maximum atomic E-state index is 12.9. The monoisotopic (exact) mass is 407 g/mol. The fourth-order valence-electron chi connectivity index (χ4n) is 3.11. The molecule has 1 saturated heterocycles. The van der Waals surface area contributed by atoms with E-state index in [2.05, 4.69) is 0 Å². The van der Waals surface area contributed by atoms with Crippen LogP contribution in [0.3, 0.4) is 0 Å². The van der Waals surface area contributed by atoms with Gasteiger partial charge in [0, 0.05) is 39.3 Å². The van der Waals surface area contributed by atoms with Gasteiger partial charge < -0.3 is 9.32 Å². The Balaban J connectivity index is 1.53. The number of oxazole rings is 1. The number of benzene rings is 1. The van der Waals surface area contributed by atoms with Gasteiger partial charge in [-0.2, -0.15) is 4.31 Å². The lowest BCUT2D eigenvalue weighted by Crippen LogP contribution is -2.50. The zero-order valence-corrected chi connectivity index (χ0v) is 16.1. The van der Waals surface area contributed by atoms with Crippen molar-refractivity contribution in [3.05, 3.63) is 51.1 Å². The molecule has 4 rings (SSSR count). The fraction of sp³-hybridized carbons (Fsp3) is 0.294. The number of piperazine rings is 1. The van der Waals surface area contributed by atoms with Crippen LogP contribution >= 0.6 is 11.3 Å². The van der Waals surface area contributed by atoms with Crippen LogP contribution in [0.5, 0.6) is 0 Å². The van der Waals surface area contributed by atoms with Crippen LogP contribution in [-0.4, -0.2) is 54.3 Å². The minimum Gasteiger partial charge on any atom is -0.408 e. The van der Waals surface area contributed by atoms with E-state index in [0.29, 0.717) is 23.5 Å². The third kappa shape index (κ3) is 3.09. The van der Waals surface area contributed by atoms with Gasteiger partial charge in [-0.1, -0.05) is 6.07 Å². The van der Waals surface area contributed by atoms with Crippen LogP contribution in [0.4, 0.5) is 0 Å². The molecule has 2 aromatic heterocycles. The van der Waals surface area contributed by atoms with E-state index < -0.39 is 15.8 Å². The number of carbonyl (C=O) groups is 1. The van der Waals surface area contributed by atoms with Crippen LogP contribution in [0.15, 0.2) is 49.8 Å². The average Bonchev–Trinajstić information content (AvgIpc) is 3.30. The Bertz CT molecular complexity index is 1150. The molecular formula is C17H17N3O5S2. The number of nitrogens with zero attached hydrogens (tertiary/aromatic N) is 3. The number of aryl methyl sites for hydroxylation is 1. The van der Waals surface area contributed by atoms with E-state index in [-0.39, 0.29) is 29.5 Å². The molecule has 0 N–H and O–H groups in total. The van der Waals surface area contributed by atoms with Gasteiger partial charge in [-0.3, -0.25) is 9.36 Å². The molecule has 3 heterocycles. The quantitative estimate of drug-likeness (QED) is 0.653. The molecule has 0 saturated carbocycles. The summed E-state index contributed by atoms with van der Waals surface area (Å²) in [4.78, 5) is 26.4. The SMILES string of the molecule is Cn1c(=O)oc2cc(S(=O)(=O)N3CCN(C(=O)c4cccs4)CC3)ccc21. The van der Waals surface area contributed by atoms with Crippen molar-refractivity contribution in [3.8, 4) is 0 Å². The van der Waals surface area contributed by atoms with Gasteiger partial charge in [-0.15, -0.1) is 11.3 Å². The second-order valence-electron chi connectivity index (χ2n) is 6.23. The summed E-state index contributed by atoms with van der Waals surface area (Å²) >= 11 is 1.37. The average molecular weight is 407 g/mol. The molecular weight excluding hydrogens is 390 g/mol. The number of hydrogen-bond donors (Lipinski definition) is 0. The molecule has 0 unspecified atom stereocenters. The summed E-state index contributed by atoms with van der Waals surface area (Å²) in [6.07, 6.45) is 0. The number of rotatable bonds is 3. The zero-order chi connectivity index (χ0) is 19.2. The Morgan fingerprint density at radius 1 is 1.15 bits per heavy atom. The molecule has 0 radical (unpaired) electrons. The lowest BCUT2D eigenvalue weighted by molar-refractivity contribution is 0.0703. The Labute approximate surface area is 159 Å². The van der Waals surface area contributed by atoms with Gasteiger partial charge in [0.2, 0.25) is 10.0 Å². The van der Waals surface area contributed by atoms with Crippen LogP contribution in [0.1, 0.15) is 9.67 Å². The van der Waals surface area contributed by atoms with Crippen molar-refractivity contribution in [3.63, 3.8) is 0 Å². The number of thiophene rings is 1. The molecule has 1 aromatic carbocycles. The first-order valence-corrected chi connectivity index (χ1v) is 10.6. The molecule has 0 atom stereocenters. The Kier molecular flexibility index (Phi) is 4.41. The molecule has 1 aliphatic heterocycles. The van der Waals surface area contributed by atoms with Crippen molar-refractivity contribution in [1.82, 2.24) is 13.8 Å². The largest absolute Gasteiger partial charge is 0.419 e. The van der Waals surface area contributed by atoms with E-state index in [1.165, 1.54) is 32.3 Å². The highest BCUT2D eigenvalue weighted by molar-refractivity contribution is 7.89. The summed E-state index contributed by atoms with van der Waals surface area (Å²) in [6, 6.07) is 7.98. The van der Waals surface area contributed by atoms with Crippen LogP contribution in [0.25, 0.3) is 11.1 Å². The number of hydrogen-bond acceptors (Lipinski definition) is 6. The molecule has 142 valence electrons. The summed E-state index contributed by atoms with van der Waals surface area (Å²) in [7, 11) is -2.17. The van der Waals surface area contributed by atoms with Gasteiger partial charge in [0.15, 0.2) is 5.58 Å². The number of aromatic nitrogens is 1. The van der Waals surface area contributed by atoms with E-state index in [9.17, 15) is 18.0 Å². The van der Waals surface area contributed by atoms with Gasteiger partial charge >= 0.3 is 5.76 Å². The van der Waals surface area contributed by atoms with E-state index >= 15 is 0 Å². The third-order valence-corrected chi connectivity index (χ3v) is 7.41. The van der Waals surface area contributed by atoms with E-state index in [1.807, 2.05) is 11.4 Å². The number of fused-ring (bicyclic) bond motifs is 1. The van der Waals surface area contributed by atoms with E-state index in [1.54, 1.807) is 24.1 Å². The predicted molar refractivity (Wildman–Crippen MR) is 100 cm³/mol. The third-order valence-electron chi connectivity index (χ3n) is 4.66. The number of sulfonamides is 1. The van der Waals surface area contributed by atoms with Crippen molar-refractivity contribution in [2.45, 2.75) is 4.90 Å². The summed E-state index contributed by atoms with van der Waals surface area (Å²) < 4.78 is 33.6. The number of carbonyl (C=O) groups excluding carboxylic acids is 1. The van der Waals surface area contributed by atoms with Crippen molar-refractivity contribution in [1.29, 1.82) is 0 Å². The van der Waals surface area contributed by atoms with Crippen molar-refractivity contribution >= 4 is 38.4 Å². The maximum Gasteiger partial charge on any atom is 0.419 e. The Morgan fingerprint density at radius 2 is 1.89 bits per heavy atom. The van der Waals surface area contributed by atoms with Gasteiger partial charge in [0.25, 0.3) is 5.91 Å². The molecule has 3 aromatic rings. The summed E-state index contributed by atoms with van der Waals surface area (Å²) in [5.74, 6) is -0.616. The van der Waals surface area contributed by atoms with Crippen molar-refractivity contribution < 1.29 is 17.6 Å². The van der Waals surface area contributed by atoms with E-state index in [0.717, 1.165) is 0 Å². The summed E-state index contributed by atoms with van der Waals surface area (Å²) in [6.45, 7) is 1.10. The van der Waals surface area contributed by atoms with Crippen molar-refractivity contribution in [2.24, 2.45) is 7.05 Å². The Morgan fingerprint density at radius 3 is 2.56 bits per heavy atom. The molecule has 27 heavy (non-hydrogen) atoms. The minimum atomic E-state index is -3.73. The molecule has 10 heteroatoms. The van der Waals surface area contributed by atoms with Gasteiger partial charge in [0.1, 0.15) is 0 Å². The topological polar surface area (TPSA) is 92.8 Å². The second-order valence-corrected chi connectivity index (χ2v) is 9.12. The highest BCUT2D eigenvalue weighted by atomic mass is 32.2. The lowest BCUT2D eigenvalue weighted by Gasteiger charge is -2.33. The first-order valence-electron chi connectivity index (χ1n) is 8.30. The first kappa shape index (κ1) is 18.0. The van der Waals surface area contributed by atoms with E-state index in [4.69, 9.17) is 4.42 Å². The smallest absolute Gasteiger partial charge is 0.408 e. The van der Waals surface area contributed by atoms with Gasteiger partial charge in [0.05, 0.1) is 15.3 Å². The molecule has 1 amide bonds. The van der Waals surface area contributed by atoms with Crippen LogP contribution in [0.2, 0.25) is 0 Å². The molecule has 0 aliphatic carbocycles. The standard InChI is InChI=1S/C17H17N3O5S2/c1-18-13-5-4-12(11-14(13)25-17(18)22)27(23,24)20-8-6-19(7-9-20)16(21)15-3-2-10-26-15/h2-5,10-11H,6-9H2,1H3. The van der Waals surface area contributed by atoms with Gasteiger partial charge in [-0.05, 0) is 23.6 Å². The molecule has 0 spiro atoms. The van der Waals surface area contributed by atoms with Crippen LogP contribution < -0.4 is 5.76 Å². The second kappa shape index (κ2) is 6.63. The predicted octanol–water partition coefficient (Wildman–Crippen LogP) is 1.34. The first-order chi connectivity index (χ1) is 12.9. The maximum absolute atomic E-state index is 12.9. The van der Waals surface area contributed by atoms with Crippen molar-refractivity contribution in [2.75, 3.05) is 26.2 Å². The zero-order valence-electron chi connectivity index (χ0n) is 14.5. The highest BCUT2D eigenvalue weighted by Crippen LogP contribution is 2.23. The molecule has 1 aliphatic rings. The normalized spacial score (nSPS) is 16.1. The molecule has 1 fully saturated rings. The van der Waals surface area contributed by atoms with Crippen LogP contribution in [-0.2, 0) is 17.1 Å². The summed E-state index contributed by atoms with van der Waals surface area (Å²) in [5, 5.41) is 1.84. The number of amides is 1. The highest BCUT2D eigenvalue weighted by Gasteiger charge is 2.31. The lowest BCUT2D eigenvalue weighted by atomic mass is 10.3. The molecule has 8 nitrogen and oxygen atoms in total.